The van der Waals surface area contributed by atoms with Crippen molar-refractivity contribution in [1.29, 1.82) is 0 Å². The Kier molecular flexibility index (Phi) is 4.14. The fraction of sp³-hybridized carbons (Fsp3) is 0.214. The van der Waals surface area contributed by atoms with Crippen molar-refractivity contribution >= 4 is 22.8 Å². The van der Waals surface area contributed by atoms with Crippen LogP contribution in [0.1, 0.15) is 6.92 Å². The van der Waals surface area contributed by atoms with Gasteiger partial charge in [0.15, 0.2) is 6.10 Å². The molecule has 0 fully saturated rings. The zero-order valence-corrected chi connectivity index (χ0v) is 11.2. The van der Waals surface area contributed by atoms with Crippen molar-refractivity contribution in [2.75, 3.05) is 7.05 Å². The van der Waals surface area contributed by atoms with E-state index in [0.717, 1.165) is 10.9 Å². The van der Waals surface area contributed by atoms with Crippen molar-refractivity contribution in [1.82, 2.24) is 15.6 Å². The molecule has 1 heterocycles. The summed E-state index contributed by atoms with van der Waals surface area (Å²) in [5.74, 6) is -0.0410. The smallest absolute Gasteiger partial charge is 0.321 e. The number of aromatic nitrogens is 1. The summed E-state index contributed by atoms with van der Waals surface area (Å²) < 4.78 is 5.48. The van der Waals surface area contributed by atoms with Crippen LogP contribution in [0.5, 0.6) is 5.75 Å². The van der Waals surface area contributed by atoms with E-state index in [9.17, 15) is 9.59 Å². The summed E-state index contributed by atoms with van der Waals surface area (Å²) in [6.07, 6.45) is 0.752. The number of ether oxygens (including phenoxy) is 1. The third-order valence-electron chi connectivity index (χ3n) is 2.71. The summed E-state index contributed by atoms with van der Waals surface area (Å²) in [6, 6.07) is 8.82. The SMILES string of the molecule is CNC(=O)NC(=O)C(C)Oc1cnc2ccccc2c1. The molecule has 1 unspecified atom stereocenters. The van der Waals surface area contributed by atoms with Gasteiger partial charge in [0.1, 0.15) is 5.75 Å². The Morgan fingerprint density at radius 2 is 2.05 bits per heavy atom. The highest BCUT2D eigenvalue weighted by molar-refractivity contribution is 5.96. The van der Waals surface area contributed by atoms with Crippen LogP contribution in [0.4, 0.5) is 4.79 Å². The van der Waals surface area contributed by atoms with E-state index in [4.69, 9.17) is 4.74 Å². The van der Waals surface area contributed by atoms with Crippen LogP contribution in [-0.2, 0) is 4.79 Å². The van der Waals surface area contributed by atoms with Gasteiger partial charge in [-0.1, -0.05) is 18.2 Å². The normalized spacial score (nSPS) is 11.7. The molecule has 0 spiro atoms. The minimum absolute atomic E-state index is 0.475. The third kappa shape index (κ3) is 3.23. The second kappa shape index (κ2) is 6.01. The number of pyridine rings is 1. The number of carbonyl (C=O) groups is 2. The van der Waals surface area contributed by atoms with E-state index in [2.05, 4.69) is 15.6 Å². The number of hydrogen-bond donors (Lipinski definition) is 2. The molecule has 104 valence electrons. The molecule has 0 aliphatic rings. The van der Waals surface area contributed by atoms with Crippen molar-refractivity contribution < 1.29 is 14.3 Å². The lowest BCUT2D eigenvalue weighted by Gasteiger charge is -2.14. The Morgan fingerprint density at radius 1 is 1.30 bits per heavy atom. The van der Waals surface area contributed by atoms with Gasteiger partial charge in [0.05, 0.1) is 11.7 Å². The highest BCUT2D eigenvalue weighted by Crippen LogP contribution is 2.18. The lowest BCUT2D eigenvalue weighted by Crippen LogP contribution is -2.43. The molecule has 0 saturated heterocycles. The number of nitrogens with zero attached hydrogens (tertiary/aromatic N) is 1. The standard InChI is InChI=1S/C14H15N3O3/c1-9(13(18)17-14(19)15-2)20-11-7-10-5-3-4-6-12(10)16-8-11/h3-9H,1-2H3,(H2,15,17,18,19). The second-order valence-corrected chi connectivity index (χ2v) is 4.19. The van der Waals surface area contributed by atoms with Gasteiger partial charge in [-0.05, 0) is 19.1 Å². The van der Waals surface area contributed by atoms with Gasteiger partial charge >= 0.3 is 6.03 Å². The maximum atomic E-state index is 11.7. The summed E-state index contributed by atoms with van der Waals surface area (Å²) in [7, 11) is 1.43. The predicted octanol–water partition coefficient (Wildman–Crippen LogP) is 1.46. The minimum atomic E-state index is -0.796. The number of benzene rings is 1. The molecular formula is C14H15N3O3. The van der Waals surface area contributed by atoms with Crippen LogP contribution in [0.3, 0.4) is 0 Å². The summed E-state index contributed by atoms with van der Waals surface area (Å²) in [5, 5.41) is 5.37. The molecule has 1 aromatic heterocycles. The second-order valence-electron chi connectivity index (χ2n) is 4.19. The van der Waals surface area contributed by atoms with Crippen LogP contribution in [0.15, 0.2) is 36.5 Å². The Bertz CT molecular complexity index is 642. The van der Waals surface area contributed by atoms with E-state index in [-0.39, 0.29) is 0 Å². The summed E-state index contributed by atoms with van der Waals surface area (Å²) in [6.45, 7) is 1.56. The molecule has 2 aromatic rings. The average molecular weight is 273 g/mol. The highest BCUT2D eigenvalue weighted by atomic mass is 16.5. The molecule has 0 bridgehead atoms. The fourth-order valence-corrected chi connectivity index (χ4v) is 1.65. The molecule has 0 aliphatic heterocycles. The van der Waals surface area contributed by atoms with Gasteiger partial charge < -0.3 is 10.1 Å². The van der Waals surface area contributed by atoms with E-state index < -0.39 is 18.0 Å². The molecular weight excluding hydrogens is 258 g/mol. The molecule has 0 saturated carbocycles. The van der Waals surface area contributed by atoms with Gasteiger partial charge in [-0.2, -0.15) is 0 Å². The van der Waals surface area contributed by atoms with Gasteiger partial charge in [0.25, 0.3) is 5.91 Å². The zero-order valence-electron chi connectivity index (χ0n) is 11.2. The first-order chi connectivity index (χ1) is 9.60. The van der Waals surface area contributed by atoms with E-state index in [1.807, 2.05) is 24.3 Å². The molecule has 2 rings (SSSR count). The lowest BCUT2D eigenvalue weighted by molar-refractivity contribution is -0.126. The maximum absolute atomic E-state index is 11.7. The first kappa shape index (κ1) is 13.8. The number of amides is 3. The van der Waals surface area contributed by atoms with Crippen molar-refractivity contribution in [2.24, 2.45) is 0 Å². The van der Waals surface area contributed by atoms with Crippen LogP contribution < -0.4 is 15.4 Å². The largest absolute Gasteiger partial charge is 0.479 e. The monoisotopic (exact) mass is 273 g/mol. The molecule has 6 nitrogen and oxygen atoms in total. The van der Waals surface area contributed by atoms with E-state index in [1.54, 1.807) is 19.2 Å². The molecule has 0 radical (unpaired) electrons. The number of nitrogens with one attached hydrogen (secondary N) is 2. The maximum Gasteiger partial charge on any atom is 0.321 e. The Labute approximate surface area is 116 Å². The number of hydrogen-bond acceptors (Lipinski definition) is 4. The first-order valence-electron chi connectivity index (χ1n) is 6.14. The van der Waals surface area contributed by atoms with E-state index >= 15 is 0 Å². The number of rotatable bonds is 3. The van der Waals surface area contributed by atoms with Crippen molar-refractivity contribution in [3.63, 3.8) is 0 Å². The van der Waals surface area contributed by atoms with Crippen molar-refractivity contribution in [3.8, 4) is 5.75 Å². The van der Waals surface area contributed by atoms with Crippen LogP contribution in [0, 0.1) is 0 Å². The first-order valence-corrected chi connectivity index (χ1v) is 6.14. The summed E-state index contributed by atoms with van der Waals surface area (Å²) in [5.41, 5.74) is 0.849. The van der Waals surface area contributed by atoms with Gasteiger partial charge in [-0.25, -0.2) is 4.79 Å². The molecule has 1 atom stereocenters. The Hall–Kier alpha value is -2.63. The summed E-state index contributed by atoms with van der Waals surface area (Å²) in [4.78, 5) is 26.9. The quantitative estimate of drug-likeness (QED) is 0.887. The average Bonchev–Trinajstić information content (AvgIpc) is 2.46. The van der Waals surface area contributed by atoms with Gasteiger partial charge in [-0.15, -0.1) is 0 Å². The summed E-state index contributed by atoms with van der Waals surface area (Å²) >= 11 is 0. The van der Waals surface area contributed by atoms with Crippen LogP contribution >= 0.6 is 0 Å². The van der Waals surface area contributed by atoms with E-state index in [0.29, 0.717) is 5.75 Å². The Balaban J connectivity index is 2.07. The van der Waals surface area contributed by atoms with Gasteiger partial charge in [0.2, 0.25) is 0 Å². The van der Waals surface area contributed by atoms with Crippen molar-refractivity contribution in [3.05, 3.63) is 36.5 Å². The number of fused-ring (bicyclic) bond motifs is 1. The number of para-hydroxylation sites is 1. The topological polar surface area (TPSA) is 80.3 Å². The molecule has 6 heteroatoms. The molecule has 0 aliphatic carbocycles. The Morgan fingerprint density at radius 3 is 2.80 bits per heavy atom. The van der Waals surface area contributed by atoms with Crippen LogP contribution in [0.2, 0.25) is 0 Å². The predicted molar refractivity (Wildman–Crippen MR) is 74.4 cm³/mol. The molecule has 3 amide bonds. The van der Waals surface area contributed by atoms with Crippen LogP contribution in [0.25, 0.3) is 10.9 Å². The van der Waals surface area contributed by atoms with E-state index in [1.165, 1.54) is 7.05 Å². The number of urea groups is 1. The van der Waals surface area contributed by atoms with Crippen LogP contribution in [-0.4, -0.2) is 30.1 Å². The molecule has 1 aromatic carbocycles. The zero-order chi connectivity index (χ0) is 14.5. The number of carbonyl (C=O) groups excluding carboxylic acids is 2. The minimum Gasteiger partial charge on any atom is -0.479 e. The molecule has 20 heavy (non-hydrogen) atoms. The fourth-order valence-electron chi connectivity index (χ4n) is 1.65. The third-order valence-corrected chi connectivity index (χ3v) is 2.71. The number of imide groups is 1. The highest BCUT2D eigenvalue weighted by Gasteiger charge is 2.17. The lowest BCUT2D eigenvalue weighted by atomic mass is 10.2. The van der Waals surface area contributed by atoms with Gasteiger partial charge in [-0.3, -0.25) is 15.1 Å². The van der Waals surface area contributed by atoms with Gasteiger partial charge in [0, 0.05) is 12.4 Å². The molecule has 2 N–H and O–H groups in total. The van der Waals surface area contributed by atoms with Crippen molar-refractivity contribution in [2.45, 2.75) is 13.0 Å².